The van der Waals surface area contributed by atoms with E-state index in [1.54, 1.807) is 6.07 Å². The zero-order valence-electron chi connectivity index (χ0n) is 10.9. The van der Waals surface area contributed by atoms with Crippen LogP contribution in [0.15, 0.2) is 42.5 Å². The van der Waals surface area contributed by atoms with Crippen molar-refractivity contribution >= 4 is 28.9 Å². The molecular weight excluding hydrogens is 299 g/mol. The number of amides is 1. The number of nitro groups is 1. The van der Waals surface area contributed by atoms with E-state index < -0.39 is 16.6 Å². The van der Waals surface area contributed by atoms with E-state index >= 15 is 0 Å². The SMILES string of the molecule is CN(C(=O)c1ccc([N+](=O)[O-])cc1Cl)c1cccc(F)c1. The molecule has 0 saturated heterocycles. The molecule has 0 spiro atoms. The topological polar surface area (TPSA) is 63.5 Å². The lowest BCUT2D eigenvalue weighted by molar-refractivity contribution is -0.384. The van der Waals surface area contributed by atoms with E-state index in [0.717, 1.165) is 6.07 Å². The molecule has 0 aliphatic heterocycles. The second kappa shape index (κ2) is 5.88. The van der Waals surface area contributed by atoms with Gasteiger partial charge >= 0.3 is 0 Å². The first-order chi connectivity index (χ1) is 9.90. The van der Waals surface area contributed by atoms with Crippen molar-refractivity contribution < 1.29 is 14.1 Å². The predicted octanol–water partition coefficient (Wildman–Crippen LogP) is 3.66. The summed E-state index contributed by atoms with van der Waals surface area (Å²) in [5.41, 5.74) is 0.258. The number of nitro benzene ring substituents is 1. The molecule has 2 aromatic carbocycles. The molecule has 108 valence electrons. The average molecular weight is 309 g/mol. The molecular formula is C14H10ClFN2O3. The van der Waals surface area contributed by atoms with Gasteiger partial charge in [-0.3, -0.25) is 14.9 Å². The summed E-state index contributed by atoms with van der Waals surface area (Å²) < 4.78 is 13.2. The monoisotopic (exact) mass is 308 g/mol. The van der Waals surface area contributed by atoms with Crippen molar-refractivity contribution in [1.82, 2.24) is 0 Å². The molecule has 2 aromatic rings. The highest BCUT2D eigenvalue weighted by atomic mass is 35.5. The molecule has 0 aliphatic rings. The fraction of sp³-hybridized carbons (Fsp3) is 0.0714. The maximum Gasteiger partial charge on any atom is 0.270 e. The van der Waals surface area contributed by atoms with Crippen molar-refractivity contribution in [2.45, 2.75) is 0 Å². The molecule has 2 rings (SSSR count). The van der Waals surface area contributed by atoms with E-state index in [0.29, 0.717) is 5.69 Å². The number of anilines is 1. The lowest BCUT2D eigenvalue weighted by Crippen LogP contribution is -2.26. The number of rotatable bonds is 3. The van der Waals surface area contributed by atoms with E-state index in [-0.39, 0.29) is 16.3 Å². The minimum atomic E-state index is -0.601. The molecule has 0 heterocycles. The number of non-ortho nitro benzene ring substituents is 1. The normalized spacial score (nSPS) is 10.2. The van der Waals surface area contributed by atoms with Crippen molar-refractivity contribution in [1.29, 1.82) is 0 Å². The first kappa shape index (κ1) is 14.9. The van der Waals surface area contributed by atoms with Crippen LogP contribution in [0.2, 0.25) is 5.02 Å². The fourth-order valence-corrected chi connectivity index (χ4v) is 2.03. The minimum Gasteiger partial charge on any atom is -0.311 e. The summed E-state index contributed by atoms with van der Waals surface area (Å²) >= 11 is 5.91. The highest BCUT2D eigenvalue weighted by Gasteiger charge is 2.19. The van der Waals surface area contributed by atoms with E-state index in [1.807, 2.05) is 0 Å². The third kappa shape index (κ3) is 3.17. The molecule has 0 atom stereocenters. The van der Waals surface area contributed by atoms with Gasteiger partial charge in [0.25, 0.3) is 11.6 Å². The van der Waals surface area contributed by atoms with E-state index in [9.17, 15) is 19.3 Å². The van der Waals surface area contributed by atoms with Gasteiger partial charge in [-0.2, -0.15) is 0 Å². The molecule has 7 heteroatoms. The zero-order chi connectivity index (χ0) is 15.6. The Morgan fingerprint density at radius 3 is 2.57 bits per heavy atom. The van der Waals surface area contributed by atoms with Gasteiger partial charge in [-0.15, -0.1) is 0 Å². The largest absolute Gasteiger partial charge is 0.311 e. The first-order valence-electron chi connectivity index (χ1n) is 5.87. The summed E-state index contributed by atoms with van der Waals surface area (Å²) in [5, 5.41) is 10.6. The Labute approximate surface area is 124 Å². The van der Waals surface area contributed by atoms with Crippen LogP contribution in [0, 0.1) is 15.9 Å². The fourth-order valence-electron chi connectivity index (χ4n) is 1.77. The summed E-state index contributed by atoms with van der Waals surface area (Å²) in [6.45, 7) is 0. The van der Waals surface area contributed by atoms with Crippen molar-refractivity contribution in [3.05, 3.63) is 69.0 Å². The van der Waals surface area contributed by atoms with Crippen LogP contribution < -0.4 is 4.90 Å². The molecule has 0 fully saturated rings. The number of hydrogen-bond acceptors (Lipinski definition) is 3. The summed E-state index contributed by atoms with van der Waals surface area (Å²) in [6, 6.07) is 9.09. The molecule has 21 heavy (non-hydrogen) atoms. The van der Waals surface area contributed by atoms with Crippen molar-refractivity contribution in [2.24, 2.45) is 0 Å². The van der Waals surface area contributed by atoms with Crippen LogP contribution in [-0.4, -0.2) is 17.9 Å². The van der Waals surface area contributed by atoms with Gasteiger partial charge in [0.1, 0.15) is 5.82 Å². The number of nitrogens with zero attached hydrogens (tertiary/aromatic N) is 2. The highest BCUT2D eigenvalue weighted by Crippen LogP contribution is 2.25. The smallest absolute Gasteiger partial charge is 0.270 e. The van der Waals surface area contributed by atoms with Crippen LogP contribution in [0.4, 0.5) is 15.8 Å². The van der Waals surface area contributed by atoms with E-state index in [4.69, 9.17) is 11.6 Å². The van der Waals surface area contributed by atoms with Gasteiger partial charge in [-0.25, -0.2) is 4.39 Å². The molecule has 0 radical (unpaired) electrons. The summed E-state index contributed by atoms with van der Waals surface area (Å²) in [7, 11) is 1.47. The maximum atomic E-state index is 13.2. The van der Waals surface area contributed by atoms with Gasteiger partial charge in [0, 0.05) is 24.9 Å². The maximum absolute atomic E-state index is 13.2. The summed E-state index contributed by atoms with van der Waals surface area (Å²) in [6.07, 6.45) is 0. The first-order valence-corrected chi connectivity index (χ1v) is 6.25. The van der Waals surface area contributed by atoms with Crippen LogP contribution >= 0.6 is 11.6 Å². The predicted molar refractivity (Wildman–Crippen MR) is 77.2 cm³/mol. The van der Waals surface area contributed by atoms with E-state index in [1.165, 1.54) is 42.3 Å². The van der Waals surface area contributed by atoms with Crippen molar-refractivity contribution in [2.75, 3.05) is 11.9 Å². The number of benzene rings is 2. The Morgan fingerprint density at radius 2 is 2.00 bits per heavy atom. The van der Waals surface area contributed by atoms with Crippen LogP contribution in [0.1, 0.15) is 10.4 Å². The number of carbonyl (C=O) groups excluding carboxylic acids is 1. The molecule has 0 aliphatic carbocycles. The molecule has 0 aromatic heterocycles. The van der Waals surface area contributed by atoms with E-state index in [2.05, 4.69) is 0 Å². The van der Waals surface area contributed by atoms with Crippen LogP contribution in [0.25, 0.3) is 0 Å². The zero-order valence-corrected chi connectivity index (χ0v) is 11.7. The third-order valence-corrected chi connectivity index (χ3v) is 3.21. The Balaban J connectivity index is 2.33. The Kier molecular flexibility index (Phi) is 4.18. The van der Waals surface area contributed by atoms with Crippen LogP contribution in [0.5, 0.6) is 0 Å². The van der Waals surface area contributed by atoms with Gasteiger partial charge < -0.3 is 4.90 Å². The van der Waals surface area contributed by atoms with Gasteiger partial charge in [0.2, 0.25) is 0 Å². The Morgan fingerprint density at radius 1 is 1.29 bits per heavy atom. The van der Waals surface area contributed by atoms with Gasteiger partial charge in [-0.1, -0.05) is 17.7 Å². The highest BCUT2D eigenvalue weighted by molar-refractivity contribution is 6.34. The number of halogens is 2. The Hall–Kier alpha value is -2.47. The van der Waals surface area contributed by atoms with Gasteiger partial charge in [0.05, 0.1) is 15.5 Å². The van der Waals surface area contributed by atoms with Gasteiger partial charge in [-0.05, 0) is 24.3 Å². The molecule has 1 amide bonds. The van der Waals surface area contributed by atoms with Crippen molar-refractivity contribution in [3.8, 4) is 0 Å². The van der Waals surface area contributed by atoms with Crippen LogP contribution in [-0.2, 0) is 0 Å². The minimum absolute atomic E-state index is 0.0301. The molecule has 0 saturated carbocycles. The molecule has 0 N–H and O–H groups in total. The average Bonchev–Trinajstić information content (AvgIpc) is 2.45. The summed E-state index contributed by atoms with van der Waals surface area (Å²) in [5.74, 6) is -0.956. The lowest BCUT2D eigenvalue weighted by Gasteiger charge is -2.18. The number of hydrogen-bond donors (Lipinski definition) is 0. The standard InChI is InChI=1S/C14H10ClFN2O3/c1-17(10-4-2-3-9(16)7-10)14(19)12-6-5-11(18(20)21)8-13(12)15/h2-8H,1H3. The Bertz CT molecular complexity index is 721. The molecule has 0 unspecified atom stereocenters. The lowest BCUT2D eigenvalue weighted by atomic mass is 10.1. The van der Waals surface area contributed by atoms with Crippen LogP contribution in [0.3, 0.4) is 0 Å². The molecule has 5 nitrogen and oxygen atoms in total. The quantitative estimate of drug-likeness (QED) is 0.642. The number of carbonyl (C=O) groups is 1. The molecule has 0 bridgehead atoms. The third-order valence-electron chi connectivity index (χ3n) is 2.89. The van der Waals surface area contributed by atoms with Gasteiger partial charge in [0.15, 0.2) is 0 Å². The van der Waals surface area contributed by atoms with Crippen molar-refractivity contribution in [3.63, 3.8) is 0 Å². The summed E-state index contributed by atoms with van der Waals surface area (Å²) in [4.78, 5) is 23.6. The second-order valence-electron chi connectivity index (χ2n) is 4.27. The second-order valence-corrected chi connectivity index (χ2v) is 4.67.